The van der Waals surface area contributed by atoms with E-state index < -0.39 is 6.61 Å². The summed E-state index contributed by atoms with van der Waals surface area (Å²) in [5.74, 6) is 0.248. The first-order valence-corrected chi connectivity index (χ1v) is 5.69. The lowest BCUT2D eigenvalue weighted by Gasteiger charge is -2.02. The Bertz CT molecular complexity index is 641. The van der Waals surface area contributed by atoms with E-state index in [1.165, 1.54) is 36.4 Å². The van der Waals surface area contributed by atoms with Crippen molar-refractivity contribution in [3.8, 4) is 23.6 Å². The lowest BCUT2D eigenvalue weighted by Crippen LogP contribution is -2.01. The topological polar surface area (TPSA) is 77.0 Å². The minimum absolute atomic E-state index is 0.0593. The second-order valence-corrected chi connectivity index (χ2v) is 3.67. The molecule has 0 aromatic heterocycles. The first-order chi connectivity index (χ1) is 10.0. The molecule has 0 heterocycles. The number of benzene rings is 2. The highest BCUT2D eigenvalue weighted by molar-refractivity contribution is 5.34. The van der Waals surface area contributed by atoms with Gasteiger partial charge in [0.05, 0.1) is 23.3 Å². The monoisotopic (exact) mass is 288 g/mol. The van der Waals surface area contributed by atoms with Crippen molar-refractivity contribution in [1.29, 1.82) is 10.5 Å². The summed E-state index contributed by atoms with van der Waals surface area (Å²) < 4.78 is 27.3. The number of nitriles is 2. The zero-order valence-electron chi connectivity index (χ0n) is 10.7. The number of halogens is 2. The van der Waals surface area contributed by atoms with Crippen LogP contribution in [0.2, 0.25) is 0 Å². The van der Waals surface area contributed by atoms with Gasteiger partial charge in [0.1, 0.15) is 11.5 Å². The number of hydrogen-bond donors (Lipinski definition) is 1. The number of alkyl halides is 2. The maximum atomic E-state index is 11.6. The van der Waals surface area contributed by atoms with E-state index in [0.29, 0.717) is 11.1 Å². The number of ether oxygens (including phenoxy) is 1. The Morgan fingerprint density at radius 3 is 1.67 bits per heavy atom. The number of nitrogens with zero attached hydrogens (tertiary/aromatic N) is 2. The third-order valence-corrected chi connectivity index (χ3v) is 2.20. The minimum Gasteiger partial charge on any atom is -0.508 e. The van der Waals surface area contributed by atoms with Crippen molar-refractivity contribution in [2.45, 2.75) is 6.61 Å². The molecule has 0 fully saturated rings. The molecule has 0 saturated carbocycles. The lowest BCUT2D eigenvalue weighted by molar-refractivity contribution is -0.0498. The Morgan fingerprint density at radius 1 is 0.857 bits per heavy atom. The van der Waals surface area contributed by atoms with Crippen LogP contribution in [0.3, 0.4) is 0 Å². The number of hydrogen-bond acceptors (Lipinski definition) is 4. The van der Waals surface area contributed by atoms with E-state index in [2.05, 4.69) is 4.74 Å². The molecule has 0 bridgehead atoms. The molecular formula is C15H10F2N2O2. The summed E-state index contributed by atoms with van der Waals surface area (Å²) in [6.45, 7) is -2.82. The molecule has 0 aliphatic heterocycles. The van der Waals surface area contributed by atoms with Gasteiger partial charge < -0.3 is 9.84 Å². The summed E-state index contributed by atoms with van der Waals surface area (Å²) in [5.41, 5.74) is 0.976. The van der Waals surface area contributed by atoms with E-state index in [1.54, 1.807) is 12.1 Å². The number of phenols is 1. The smallest absolute Gasteiger partial charge is 0.387 e. The molecule has 0 aliphatic carbocycles. The van der Waals surface area contributed by atoms with Gasteiger partial charge in [-0.05, 0) is 48.5 Å². The van der Waals surface area contributed by atoms with Crippen LogP contribution in [-0.4, -0.2) is 11.7 Å². The Hall–Kier alpha value is -3.12. The summed E-state index contributed by atoms with van der Waals surface area (Å²) in [7, 11) is 0. The number of phenolic OH excluding ortho intramolecular Hbond substituents is 1. The van der Waals surface area contributed by atoms with Crippen molar-refractivity contribution in [3.05, 3.63) is 59.7 Å². The van der Waals surface area contributed by atoms with Gasteiger partial charge in [0.25, 0.3) is 0 Å². The van der Waals surface area contributed by atoms with Gasteiger partial charge in [0.15, 0.2) is 0 Å². The van der Waals surface area contributed by atoms with Crippen molar-refractivity contribution in [2.75, 3.05) is 0 Å². The normalized spacial score (nSPS) is 9.00. The van der Waals surface area contributed by atoms with Gasteiger partial charge in [-0.3, -0.25) is 0 Å². The minimum atomic E-state index is -2.82. The predicted molar refractivity (Wildman–Crippen MR) is 70.6 cm³/mol. The Balaban J connectivity index is 0.000000219. The molecule has 0 radical (unpaired) electrons. The zero-order chi connectivity index (χ0) is 15.7. The first kappa shape index (κ1) is 15.9. The molecule has 0 saturated heterocycles. The fourth-order valence-corrected chi connectivity index (χ4v) is 1.25. The van der Waals surface area contributed by atoms with Crippen molar-refractivity contribution < 1.29 is 18.6 Å². The van der Waals surface area contributed by atoms with E-state index in [1.807, 2.05) is 12.1 Å². The third-order valence-electron chi connectivity index (χ3n) is 2.20. The first-order valence-electron chi connectivity index (χ1n) is 5.69. The fraction of sp³-hybridized carbons (Fsp3) is 0.0667. The maximum Gasteiger partial charge on any atom is 0.387 e. The standard InChI is InChI=1S/C8H5F2NO.C7H5NO/c9-8(10)12-7-3-1-6(5-11)2-4-7;8-5-6-1-3-7(9)4-2-6/h1-4,8H;1-4,9H. The van der Waals surface area contributed by atoms with Gasteiger partial charge in [-0.1, -0.05) is 0 Å². The summed E-state index contributed by atoms with van der Waals surface area (Å²) in [6.07, 6.45) is 0. The molecule has 0 aliphatic rings. The molecule has 0 amide bonds. The largest absolute Gasteiger partial charge is 0.508 e. The highest BCUT2D eigenvalue weighted by Gasteiger charge is 2.02. The van der Waals surface area contributed by atoms with Gasteiger partial charge in [0.2, 0.25) is 0 Å². The van der Waals surface area contributed by atoms with E-state index in [4.69, 9.17) is 15.6 Å². The molecule has 6 heteroatoms. The highest BCUT2D eigenvalue weighted by atomic mass is 19.3. The van der Waals surface area contributed by atoms with Gasteiger partial charge in [0, 0.05) is 0 Å². The summed E-state index contributed by atoms with van der Waals surface area (Å²) in [5, 5.41) is 25.4. The molecule has 4 nitrogen and oxygen atoms in total. The van der Waals surface area contributed by atoms with Crippen molar-refractivity contribution in [2.24, 2.45) is 0 Å². The lowest BCUT2D eigenvalue weighted by atomic mass is 10.2. The summed E-state index contributed by atoms with van der Waals surface area (Å²) in [6, 6.07) is 15.4. The molecule has 2 aromatic rings. The van der Waals surface area contributed by atoms with Crippen LogP contribution < -0.4 is 4.74 Å². The highest BCUT2D eigenvalue weighted by Crippen LogP contribution is 2.14. The second-order valence-electron chi connectivity index (χ2n) is 3.67. The summed E-state index contributed by atoms with van der Waals surface area (Å²) >= 11 is 0. The van der Waals surface area contributed by atoms with Crippen LogP contribution in [0.25, 0.3) is 0 Å². The molecule has 2 aromatic carbocycles. The number of rotatable bonds is 2. The van der Waals surface area contributed by atoms with Gasteiger partial charge in [-0.25, -0.2) is 0 Å². The van der Waals surface area contributed by atoms with E-state index in [0.717, 1.165) is 0 Å². The van der Waals surface area contributed by atoms with Crippen molar-refractivity contribution in [3.63, 3.8) is 0 Å². The quantitative estimate of drug-likeness (QED) is 0.918. The molecule has 0 atom stereocenters. The molecule has 0 unspecified atom stereocenters. The van der Waals surface area contributed by atoms with Crippen LogP contribution in [0.5, 0.6) is 11.5 Å². The van der Waals surface area contributed by atoms with Crippen LogP contribution in [0.4, 0.5) is 8.78 Å². The average molecular weight is 288 g/mol. The SMILES string of the molecule is N#Cc1ccc(O)cc1.N#Cc1ccc(OC(F)F)cc1. The predicted octanol–water partition coefficient (Wildman–Crippen LogP) is 3.42. The summed E-state index contributed by atoms with van der Waals surface area (Å²) in [4.78, 5) is 0. The number of aromatic hydroxyl groups is 1. The fourth-order valence-electron chi connectivity index (χ4n) is 1.25. The Morgan fingerprint density at radius 2 is 1.29 bits per heavy atom. The zero-order valence-corrected chi connectivity index (χ0v) is 10.7. The van der Waals surface area contributed by atoms with E-state index >= 15 is 0 Å². The van der Waals surface area contributed by atoms with Crippen LogP contribution in [0.1, 0.15) is 11.1 Å². The molecular weight excluding hydrogens is 278 g/mol. The Labute approximate surface area is 120 Å². The second kappa shape index (κ2) is 8.13. The van der Waals surface area contributed by atoms with Crippen LogP contribution >= 0.6 is 0 Å². The maximum absolute atomic E-state index is 11.6. The average Bonchev–Trinajstić information content (AvgIpc) is 2.49. The van der Waals surface area contributed by atoms with Crippen LogP contribution in [-0.2, 0) is 0 Å². The van der Waals surface area contributed by atoms with Crippen molar-refractivity contribution in [1.82, 2.24) is 0 Å². The van der Waals surface area contributed by atoms with Gasteiger partial charge >= 0.3 is 6.61 Å². The van der Waals surface area contributed by atoms with Crippen LogP contribution in [0.15, 0.2) is 48.5 Å². The molecule has 106 valence electrons. The van der Waals surface area contributed by atoms with Crippen LogP contribution in [0, 0.1) is 22.7 Å². The molecule has 2 rings (SSSR count). The van der Waals surface area contributed by atoms with E-state index in [-0.39, 0.29) is 11.5 Å². The van der Waals surface area contributed by atoms with Crippen molar-refractivity contribution >= 4 is 0 Å². The Kier molecular flexibility index (Phi) is 6.17. The van der Waals surface area contributed by atoms with E-state index in [9.17, 15) is 8.78 Å². The molecule has 0 spiro atoms. The molecule has 21 heavy (non-hydrogen) atoms. The van der Waals surface area contributed by atoms with Gasteiger partial charge in [-0.15, -0.1) is 0 Å². The van der Waals surface area contributed by atoms with Gasteiger partial charge in [-0.2, -0.15) is 19.3 Å². The molecule has 1 N–H and O–H groups in total. The third kappa shape index (κ3) is 6.04.